The van der Waals surface area contributed by atoms with E-state index in [1.807, 2.05) is 6.07 Å². The summed E-state index contributed by atoms with van der Waals surface area (Å²) in [6.07, 6.45) is -4.49. The lowest BCUT2D eigenvalue weighted by molar-refractivity contribution is -0.137. The van der Waals surface area contributed by atoms with Gasteiger partial charge in [0.05, 0.1) is 29.5 Å². The van der Waals surface area contributed by atoms with E-state index in [1.165, 1.54) is 17.0 Å². The minimum atomic E-state index is -4.54. The van der Waals surface area contributed by atoms with Gasteiger partial charge >= 0.3 is 6.18 Å². The van der Waals surface area contributed by atoms with Gasteiger partial charge in [0.2, 0.25) is 0 Å². The molecule has 0 spiro atoms. The van der Waals surface area contributed by atoms with Gasteiger partial charge in [-0.1, -0.05) is 48.2 Å². The third-order valence-corrected chi connectivity index (χ3v) is 8.15. The molecule has 2 heterocycles. The third kappa shape index (κ3) is 4.39. The molecule has 0 bridgehead atoms. The van der Waals surface area contributed by atoms with E-state index in [2.05, 4.69) is 4.99 Å². The highest BCUT2D eigenvalue weighted by molar-refractivity contribution is 8.16. The van der Waals surface area contributed by atoms with Crippen LogP contribution < -0.4 is 4.90 Å². The maximum atomic E-state index is 13.2. The third-order valence-electron chi connectivity index (χ3n) is 4.94. The Morgan fingerprint density at radius 2 is 1.83 bits per heavy atom. The quantitative estimate of drug-likeness (QED) is 0.710. The number of thioether (sulfide) groups is 1. The number of halogens is 3. The first kappa shape index (κ1) is 20.9. The number of anilines is 1. The molecular weight excluding hydrogens is 437 g/mol. The van der Waals surface area contributed by atoms with Gasteiger partial charge in [0.25, 0.3) is 5.91 Å². The highest BCUT2D eigenvalue weighted by atomic mass is 32.2. The zero-order valence-corrected chi connectivity index (χ0v) is 17.2. The number of hydrogen-bond donors (Lipinski definition) is 0. The summed E-state index contributed by atoms with van der Waals surface area (Å²) in [5, 5.41) is -0.145. The van der Waals surface area contributed by atoms with E-state index in [0.717, 1.165) is 29.5 Å². The molecule has 2 atom stereocenters. The molecule has 30 heavy (non-hydrogen) atoms. The van der Waals surface area contributed by atoms with Crippen LogP contribution in [0.4, 0.5) is 18.9 Å². The minimum absolute atomic E-state index is 0.0506. The van der Waals surface area contributed by atoms with Gasteiger partial charge in [-0.05, 0) is 23.8 Å². The first-order valence-corrected chi connectivity index (χ1v) is 11.8. The van der Waals surface area contributed by atoms with Crippen molar-refractivity contribution in [2.24, 2.45) is 4.99 Å². The Morgan fingerprint density at radius 3 is 2.53 bits per heavy atom. The number of carbonyl (C=O) groups is 1. The first-order chi connectivity index (χ1) is 14.1. The number of alkyl halides is 3. The number of carbonyl (C=O) groups excluding carboxylic acids is 1. The Morgan fingerprint density at radius 1 is 1.10 bits per heavy atom. The number of sulfone groups is 1. The molecule has 2 aromatic carbocycles. The van der Waals surface area contributed by atoms with Gasteiger partial charge in [-0.3, -0.25) is 4.79 Å². The number of rotatable bonds is 3. The molecule has 0 N–H and O–H groups in total. The molecule has 0 unspecified atom stereocenters. The normalized spacial score (nSPS) is 24.2. The molecule has 0 aromatic heterocycles. The Kier molecular flexibility index (Phi) is 5.39. The zero-order chi connectivity index (χ0) is 21.5. The fourth-order valence-corrected chi connectivity index (χ4v) is 7.55. The average molecular weight is 454 g/mol. The fourth-order valence-electron chi connectivity index (χ4n) is 3.62. The molecule has 0 radical (unpaired) electrons. The van der Waals surface area contributed by atoms with Crippen LogP contribution >= 0.6 is 11.8 Å². The number of fused-ring (bicyclic) bond motifs is 1. The Hall–Kier alpha value is -2.33. The van der Waals surface area contributed by atoms with Crippen molar-refractivity contribution in [1.82, 2.24) is 0 Å². The molecule has 10 heteroatoms. The molecule has 0 saturated carbocycles. The smallest absolute Gasteiger partial charge is 0.316 e. The standard InChI is InChI=1S/C20H17F3N2O3S2/c21-20(22,23)14-7-4-8-15(10-14)25-16-11-30(27,28)12-17(16)29-19(25)24-18(26)9-13-5-2-1-3-6-13/h1-8,10,16-17H,9,11-12H2/t16-,17-/m1/s1. The van der Waals surface area contributed by atoms with Crippen LogP contribution in [0.3, 0.4) is 0 Å². The van der Waals surface area contributed by atoms with Crippen LogP contribution in [-0.2, 0) is 27.2 Å². The Balaban J connectivity index is 1.69. The van der Waals surface area contributed by atoms with Gasteiger partial charge in [-0.25, -0.2) is 8.42 Å². The van der Waals surface area contributed by atoms with Crippen LogP contribution in [-0.4, -0.2) is 42.3 Å². The summed E-state index contributed by atoms with van der Waals surface area (Å²) < 4.78 is 63.8. The molecule has 4 rings (SSSR count). The highest BCUT2D eigenvalue weighted by Gasteiger charge is 2.49. The largest absolute Gasteiger partial charge is 0.416 e. The number of amides is 1. The molecule has 2 aromatic rings. The van der Waals surface area contributed by atoms with Crippen LogP contribution in [0, 0.1) is 0 Å². The van der Waals surface area contributed by atoms with Crippen LogP contribution in [0.25, 0.3) is 0 Å². The van der Waals surface area contributed by atoms with Crippen molar-refractivity contribution in [1.29, 1.82) is 0 Å². The van der Waals surface area contributed by atoms with Crippen molar-refractivity contribution in [3.63, 3.8) is 0 Å². The lowest BCUT2D eigenvalue weighted by Gasteiger charge is -2.25. The molecule has 1 amide bonds. The summed E-state index contributed by atoms with van der Waals surface area (Å²) >= 11 is 1.13. The predicted octanol–water partition coefficient (Wildman–Crippen LogP) is 3.55. The first-order valence-electron chi connectivity index (χ1n) is 9.11. The Bertz CT molecular complexity index is 1100. The van der Waals surface area contributed by atoms with Gasteiger partial charge < -0.3 is 4.90 Å². The minimum Gasteiger partial charge on any atom is -0.316 e. The van der Waals surface area contributed by atoms with Crippen molar-refractivity contribution in [2.45, 2.75) is 23.9 Å². The summed E-state index contributed by atoms with van der Waals surface area (Å²) in [7, 11) is -3.31. The number of nitrogens with zero attached hydrogens (tertiary/aromatic N) is 2. The number of aliphatic imine (C=N–C) groups is 1. The maximum Gasteiger partial charge on any atom is 0.416 e. The summed E-state index contributed by atoms with van der Waals surface area (Å²) in [6, 6.07) is 13.1. The van der Waals surface area contributed by atoms with Crippen molar-refractivity contribution in [3.05, 3.63) is 65.7 Å². The van der Waals surface area contributed by atoms with E-state index in [1.54, 1.807) is 24.3 Å². The van der Waals surface area contributed by atoms with E-state index in [9.17, 15) is 26.4 Å². The second-order valence-corrected chi connectivity index (χ2v) is 10.5. The molecule has 2 saturated heterocycles. The summed E-state index contributed by atoms with van der Waals surface area (Å²) in [6.45, 7) is 0. The van der Waals surface area contributed by atoms with Gasteiger partial charge in [0, 0.05) is 10.9 Å². The SMILES string of the molecule is O=C(Cc1ccccc1)N=C1S[C@@H]2CS(=O)(=O)C[C@H]2N1c1cccc(C(F)(F)F)c1. The summed E-state index contributed by atoms with van der Waals surface area (Å²) in [4.78, 5) is 18.1. The van der Waals surface area contributed by atoms with Gasteiger partial charge in [0.15, 0.2) is 15.0 Å². The molecule has 5 nitrogen and oxygen atoms in total. The predicted molar refractivity (Wildman–Crippen MR) is 110 cm³/mol. The van der Waals surface area contributed by atoms with E-state index < -0.39 is 33.5 Å². The topological polar surface area (TPSA) is 66.8 Å². The Labute approximate surface area is 175 Å². The van der Waals surface area contributed by atoms with Crippen LogP contribution in [0.15, 0.2) is 59.6 Å². The lowest BCUT2D eigenvalue weighted by Crippen LogP contribution is -2.38. The van der Waals surface area contributed by atoms with Crippen molar-refractivity contribution >= 4 is 38.4 Å². The van der Waals surface area contributed by atoms with Crippen molar-refractivity contribution in [2.75, 3.05) is 16.4 Å². The van der Waals surface area contributed by atoms with Crippen molar-refractivity contribution < 1.29 is 26.4 Å². The average Bonchev–Trinajstić information content (AvgIpc) is 3.12. The zero-order valence-electron chi connectivity index (χ0n) is 15.5. The van der Waals surface area contributed by atoms with Crippen molar-refractivity contribution in [3.8, 4) is 0 Å². The molecule has 2 aliphatic rings. The van der Waals surface area contributed by atoms with Crippen LogP contribution in [0.2, 0.25) is 0 Å². The summed E-state index contributed by atoms with van der Waals surface area (Å²) in [5.74, 6) is -0.722. The molecular formula is C20H17F3N2O3S2. The van der Waals surface area contributed by atoms with Gasteiger partial charge in [0.1, 0.15) is 0 Å². The van der Waals surface area contributed by atoms with E-state index in [-0.39, 0.29) is 34.0 Å². The number of hydrogen-bond acceptors (Lipinski definition) is 4. The highest BCUT2D eigenvalue weighted by Crippen LogP contribution is 2.42. The van der Waals surface area contributed by atoms with Gasteiger partial charge in [-0.15, -0.1) is 0 Å². The van der Waals surface area contributed by atoms with E-state index in [4.69, 9.17) is 0 Å². The number of benzene rings is 2. The van der Waals surface area contributed by atoms with Crippen LogP contribution in [0.5, 0.6) is 0 Å². The maximum absolute atomic E-state index is 13.2. The van der Waals surface area contributed by atoms with Crippen LogP contribution in [0.1, 0.15) is 11.1 Å². The van der Waals surface area contributed by atoms with E-state index in [0.29, 0.717) is 0 Å². The lowest BCUT2D eigenvalue weighted by atomic mass is 10.1. The monoisotopic (exact) mass is 454 g/mol. The molecule has 158 valence electrons. The molecule has 0 aliphatic carbocycles. The summed E-state index contributed by atoms with van der Waals surface area (Å²) in [5.41, 5.74) is 0.0979. The number of amidine groups is 1. The second kappa shape index (κ2) is 7.73. The second-order valence-electron chi connectivity index (χ2n) is 7.17. The molecule has 2 fully saturated rings. The fraction of sp³-hybridized carbons (Fsp3) is 0.300. The van der Waals surface area contributed by atoms with E-state index >= 15 is 0 Å². The van der Waals surface area contributed by atoms with Gasteiger partial charge in [-0.2, -0.15) is 18.2 Å². The molecule has 2 aliphatic heterocycles.